The van der Waals surface area contributed by atoms with E-state index in [1.165, 1.54) is 5.56 Å². The number of aliphatic hydroxyl groups excluding tert-OH is 1. The summed E-state index contributed by atoms with van der Waals surface area (Å²) in [6.07, 6.45) is 5.72. The van der Waals surface area contributed by atoms with E-state index in [2.05, 4.69) is 28.2 Å². The highest BCUT2D eigenvalue weighted by atomic mass is 16.3. The van der Waals surface area contributed by atoms with Gasteiger partial charge in [-0.3, -0.25) is 9.88 Å². The molecule has 1 aromatic heterocycles. The van der Waals surface area contributed by atoms with Crippen LogP contribution in [0.4, 0.5) is 0 Å². The van der Waals surface area contributed by atoms with Crippen LogP contribution in [0.1, 0.15) is 25.3 Å². The third-order valence-corrected chi connectivity index (χ3v) is 3.64. The number of rotatable bonds is 4. The van der Waals surface area contributed by atoms with E-state index in [1.807, 2.05) is 12.3 Å². The predicted molar refractivity (Wildman–Crippen MR) is 72.2 cm³/mol. The maximum Gasteiger partial charge on any atom is 0.0446 e. The molecule has 1 aliphatic rings. The molecule has 0 bridgehead atoms. The number of aliphatic hydroxyl groups is 1. The molecule has 2 N–H and O–H groups in total. The molecule has 0 aliphatic carbocycles. The molecular formula is C14H23N3O. The average Bonchev–Trinajstić information content (AvgIpc) is 2.56. The number of hydrogen-bond donors (Lipinski definition) is 2. The van der Waals surface area contributed by atoms with Crippen LogP contribution >= 0.6 is 0 Å². The van der Waals surface area contributed by atoms with E-state index in [9.17, 15) is 5.11 Å². The lowest BCUT2D eigenvalue weighted by molar-refractivity contribution is 0.159. The molecular weight excluding hydrogens is 226 g/mol. The summed E-state index contributed by atoms with van der Waals surface area (Å²) >= 11 is 0. The molecule has 2 heterocycles. The van der Waals surface area contributed by atoms with E-state index in [0.29, 0.717) is 12.1 Å². The van der Waals surface area contributed by atoms with Gasteiger partial charge in [0.2, 0.25) is 0 Å². The smallest absolute Gasteiger partial charge is 0.0446 e. The average molecular weight is 249 g/mol. The first-order valence-electron chi connectivity index (χ1n) is 6.77. The van der Waals surface area contributed by atoms with Crippen molar-refractivity contribution >= 4 is 0 Å². The van der Waals surface area contributed by atoms with E-state index in [0.717, 1.165) is 32.5 Å². The van der Waals surface area contributed by atoms with Crippen molar-refractivity contribution in [1.29, 1.82) is 0 Å². The van der Waals surface area contributed by atoms with Gasteiger partial charge in [-0.1, -0.05) is 6.07 Å². The SMILES string of the molecule is CC1CCN(Cc2cccnc2)C(CCO)CN1. The molecule has 0 amide bonds. The number of aromatic nitrogens is 1. The van der Waals surface area contributed by atoms with Crippen LogP contribution in [0, 0.1) is 0 Å². The molecule has 4 heteroatoms. The summed E-state index contributed by atoms with van der Waals surface area (Å²) in [7, 11) is 0. The summed E-state index contributed by atoms with van der Waals surface area (Å²) in [6, 6.07) is 5.07. The minimum absolute atomic E-state index is 0.254. The Morgan fingerprint density at radius 1 is 1.56 bits per heavy atom. The van der Waals surface area contributed by atoms with E-state index < -0.39 is 0 Å². The lowest BCUT2D eigenvalue weighted by Crippen LogP contribution is -2.40. The van der Waals surface area contributed by atoms with Gasteiger partial charge in [-0.2, -0.15) is 0 Å². The molecule has 0 radical (unpaired) electrons. The lowest BCUT2D eigenvalue weighted by Gasteiger charge is -2.29. The first-order valence-corrected chi connectivity index (χ1v) is 6.77. The zero-order valence-electron chi connectivity index (χ0n) is 11.0. The summed E-state index contributed by atoms with van der Waals surface area (Å²) in [5.41, 5.74) is 1.25. The van der Waals surface area contributed by atoms with Crippen LogP contribution in [0.25, 0.3) is 0 Å². The minimum Gasteiger partial charge on any atom is -0.396 e. The maximum absolute atomic E-state index is 9.19. The van der Waals surface area contributed by atoms with E-state index in [-0.39, 0.29) is 6.61 Å². The highest BCUT2D eigenvalue weighted by molar-refractivity contribution is 5.08. The van der Waals surface area contributed by atoms with Crippen molar-refractivity contribution in [3.63, 3.8) is 0 Å². The van der Waals surface area contributed by atoms with E-state index >= 15 is 0 Å². The second kappa shape index (κ2) is 6.83. The standard InChI is InChI=1S/C14H23N3O/c1-12-4-7-17(14(5-8-18)10-16-12)11-13-3-2-6-15-9-13/h2-3,6,9,12,14,16,18H,4-5,7-8,10-11H2,1H3. The first-order chi connectivity index (χ1) is 8.79. The van der Waals surface area contributed by atoms with Crippen LogP contribution in [-0.2, 0) is 6.54 Å². The Morgan fingerprint density at radius 2 is 2.44 bits per heavy atom. The van der Waals surface area contributed by atoms with Crippen molar-refractivity contribution in [3.05, 3.63) is 30.1 Å². The Morgan fingerprint density at radius 3 is 3.17 bits per heavy atom. The first kappa shape index (κ1) is 13.5. The lowest BCUT2D eigenvalue weighted by atomic mass is 10.1. The van der Waals surface area contributed by atoms with Gasteiger partial charge in [-0.05, 0) is 31.4 Å². The van der Waals surface area contributed by atoms with Gasteiger partial charge in [0.05, 0.1) is 0 Å². The van der Waals surface area contributed by atoms with E-state index in [4.69, 9.17) is 0 Å². The molecule has 1 aromatic rings. The van der Waals surface area contributed by atoms with Crippen LogP contribution in [-0.4, -0.2) is 46.8 Å². The van der Waals surface area contributed by atoms with Gasteiger partial charge in [0.1, 0.15) is 0 Å². The Bertz CT molecular complexity index is 344. The number of pyridine rings is 1. The molecule has 2 rings (SSSR count). The zero-order chi connectivity index (χ0) is 12.8. The molecule has 0 spiro atoms. The molecule has 100 valence electrons. The largest absolute Gasteiger partial charge is 0.396 e. The molecule has 4 nitrogen and oxygen atoms in total. The van der Waals surface area contributed by atoms with Crippen molar-refractivity contribution in [2.75, 3.05) is 19.7 Å². The summed E-state index contributed by atoms with van der Waals surface area (Å²) in [5, 5.41) is 12.7. The van der Waals surface area contributed by atoms with Gasteiger partial charge >= 0.3 is 0 Å². The third-order valence-electron chi connectivity index (χ3n) is 3.64. The second-order valence-corrected chi connectivity index (χ2v) is 5.10. The fourth-order valence-corrected chi connectivity index (χ4v) is 2.48. The topological polar surface area (TPSA) is 48.4 Å². The monoisotopic (exact) mass is 249 g/mol. The van der Waals surface area contributed by atoms with Crippen molar-refractivity contribution in [2.45, 2.75) is 38.4 Å². The Kier molecular flexibility index (Phi) is 5.11. The highest BCUT2D eigenvalue weighted by Gasteiger charge is 2.22. The summed E-state index contributed by atoms with van der Waals surface area (Å²) < 4.78 is 0. The van der Waals surface area contributed by atoms with Gasteiger partial charge in [-0.15, -0.1) is 0 Å². The fraction of sp³-hybridized carbons (Fsp3) is 0.643. The minimum atomic E-state index is 0.254. The van der Waals surface area contributed by atoms with Crippen molar-refractivity contribution in [2.24, 2.45) is 0 Å². The normalized spacial score (nSPS) is 25.9. The van der Waals surface area contributed by atoms with Gasteiger partial charge < -0.3 is 10.4 Å². The summed E-state index contributed by atoms with van der Waals surface area (Å²) in [5.74, 6) is 0. The Labute approximate surface area is 109 Å². The van der Waals surface area contributed by atoms with Crippen LogP contribution in [0.2, 0.25) is 0 Å². The Balaban J connectivity index is 2.02. The molecule has 18 heavy (non-hydrogen) atoms. The molecule has 0 saturated carbocycles. The van der Waals surface area contributed by atoms with Crippen molar-refractivity contribution in [3.8, 4) is 0 Å². The molecule has 0 aromatic carbocycles. The van der Waals surface area contributed by atoms with Gasteiger partial charge in [0.15, 0.2) is 0 Å². The third kappa shape index (κ3) is 3.77. The molecule has 1 fully saturated rings. The van der Waals surface area contributed by atoms with Crippen LogP contribution in [0.15, 0.2) is 24.5 Å². The molecule has 1 aliphatic heterocycles. The predicted octanol–water partition coefficient (Wildman–Crippen LogP) is 1.02. The zero-order valence-corrected chi connectivity index (χ0v) is 11.0. The van der Waals surface area contributed by atoms with Gasteiger partial charge in [0, 0.05) is 50.7 Å². The number of nitrogens with zero attached hydrogens (tertiary/aromatic N) is 2. The van der Waals surface area contributed by atoms with Crippen molar-refractivity contribution in [1.82, 2.24) is 15.2 Å². The summed E-state index contributed by atoms with van der Waals surface area (Å²) in [6.45, 7) is 5.44. The molecule has 2 atom stereocenters. The fourth-order valence-electron chi connectivity index (χ4n) is 2.48. The van der Waals surface area contributed by atoms with Crippen LogP contribution in [0.5, 0.6) is 0 Å². The van der Waals surface area contributed by atoms with Crippen LogP contribution in [0.3, 0.4) is 0 Å². The summed E-state index contributed by atoms with van der Waals surface area (Å²) in [4.78, 5) is 6.63. The highest BCUT2D eigenvalue weighted by Crippen LogP contribution is 2.14. The van der Waals surface area contributed by atoms with Crippen molar-refractivity contribution < 1.29 is 5.11 Å². The number of nitrogens with one attached hydrogen (secondary N) is 1. The van der Waals surface area contributed by atoms with Gasteiger partial charge in [0.25, 0.3) is 0 Å². The van der Waals surface area contributed by atoms with Gasteiger partial charge in [-0.25, -0.2) is 0 Å². The quantitative estimate of drug-likeness (QED) is 0.836. The maximum atomic E-state index is 9.19. The molecule has 2 unspecified atom stereocenters. The number of hydrogen-bond acceptors (Lipinski definition) is 4. The second-order valence-electron chi connectivity index (χ2n) is 5.10. The Hall–Kier alpha value is -0.970. The van der Waals surface area contributed by atoms with Crippen LogP contribution < -0.4 is 5.32 Å². The molecule has 1 saturated heterocycles. The van der Waals surface area contributed by atoms with E-state index in [1.54, 1.807) is 6.20 Å².